The maximum Gasteiger partial charge on any atom is 0.226 e. The average molecular weight is 344 g/mol. The van der Waals surface area contributed by atoms with E-state index in [9.17, 15) is 4.79 Å². The van der Waals surface area contributed by atoms with Crippen LogP contribution in [-0.4, -0.2) is 48.1 Å². The lowest BCUT2D eigenvalue weighted by atomic mass is 9.93. The molecule has 3 fully saturated rings. The van der Waals surface area contributed by atoms with Crippen LogP contribution in [0.25, 0.3) is 0 Å². The summed E-state index contributed by atoms with van der Waals surface area (Å²) in [6.45, 7) is 3.39. The van der Waals surface area contributed by atoms with Crippen LogP contribution in [0.5, 0.6) is 0 Å². The normalized spacial score (nSPS) is 28.4. The van der Waals surface area contributed by atoms with E-state index >= 15 is 0 Å². The molecule has 3 heterocycles. The van der Waals surface area contributed by atoms with Gasteiger partial charge in [0.25, 0.3) is 0 Å². The minimum Gasteiger partial charge on any atom is -0.384 e. The predicted molar refractivity (Wildman–Crippen MR) is 97.1 cm³/mol. The number of nitrogens with two attached hydrogens (primary N) is 1. The summed E-state index contributed by atoms with van der Waals surface area (Å²) in [5, 5.41) is 3.54. The third-order valence-electron chi connectivity index (χ3n) is 6.17. The van der Waals surface area contributed by atoms with Crippen molar-refractivity contribution >= 4 is 17.4 Å². The van der Waals surface area contributed by atoms with Crippen LogP contribution in [0.2, 0.25) is 0 Å². The van der Waals surface area contributed by atoms with Crippen molar-refractivity contribution in [3.05, 3.63) is 18.3 Å². The van der Waals surface area contributed by atoms with Crippen molar-refractivity contribution in [2.75, 3.05) is 37.4 Å². The molecule has 3 N–H and O–H groups in total. The number of ether oxygens (including phenoxy) is 1. The van der Waals surface area contributed by atoms with E-state index in [-0.39, 0.29) is 11.3 Å². The molecule has 1 aromatic rings. The van der Waals surface area contributed by atoms with E-state index < -0.39 is 0 Å². The standard InChI is InChI=1S/C19H28N4O2/c20-17-4-3-15(13-21-17)22-14-2-1-8-23(9-5-14)18(24)16-12-19(16)6-10-25-11-7-19/h3-4,13-14,16,22H,1-2,5-12H2,(H2,20,21)/t14-,16-/m1/s1. The van der Waals surface area contributed by atoms with Crippen LogP contribution in [0.4, 0.5) is 11.5 Å². The van der Waals surface area contributed by atoms with Gasteiger partial charge in [0, 0.05) is 38.3 Å². The van der Waals surface area contributed by atoms with Crippen LogP contribution in [0.15, 0.2) is 18.3 Å². The molecule has 6 nitrogen and oxygen atoms in total. The second-order valence-corrected chi connectivity index (χ2v) is 7.80. The SMILES string of the molecule is Nc1ccc(N[C@@H]2CCCN(C(=O)[C@H]3CC34CCOCC4)CC2)cn1. The molecule has 2 atom stereocenters. The van der Waals surface area contributed by atoms with E-state index in [1.165, 1.54) is 0 Å². The van der Waals surface area contributed by atoms with E-state index in [0.29, 0.717) is 17.8 Å². The number of aromatic nitrogens is 1. The monoisotopic (exact) mass is 344 g/mol. The number of rotatable bonds is 3. The lowest BCUT2D eigenvalue weighted by Crippen LogP contribution is -2.36. The molecule has 3 aliphatic rings. The highest BCUT2D eigenvalue weighted by molar-refractivity contribution is 5.82. The second-order valence-electron chi connectivity index (χ2n) is 7.80. The van der Waals surface area contributed by atoms with Crippen LogP contribution in [0, 0.1) is 11.3 Å². The van der Waals surface area contributed by atoms with Crippen LogP contribution in [0.3, 0.4) is 0 Å². The van der Waals surface area contributed by atoms with Gasteiger partial charge in [-0.05, 0) is 56.1 Å². The maximum absolute atomic E-state index is 12.9. The molecule has 25 heavy (non-hydrogen) atoms. The zero-order chi connectivity index (χ0) is 17.3. The number of nitrogen functional groups attached to an aromatic ring is 1. The molecule has 136 valence electrons. The van der Waals surface area contributed by atoms with Gasteiger partial charge in [-0.3, -0.25) is 4.79 Å². The smallest absolute Gasteiger partial charge is 0.226 e. The number of amides is 1. The molecule has 0 bridgehead atoms. The first-order valence-electron chi connectivity index (χ1n) is 9.51. The Morgan fingerprint density at radius 2 is 2.12 bits per heavy atom. The van der Waals surface area contributed by atoms with E-state index in [0.717, 1.165) is 70.5 Å². The summed E-state index contributed by atoms with van der Waals surface area (Å²) in [7, 11) is 0. The van der Waals surface area contributed by atoms with Crippen LogP contribution in [0.1, 0.15) is 38.5 Å². The highest BCUT2D eigenvalue weighted by Gasteiger charge is 2.58. The third kappa shape index (κ3) is 3.59. The number of nitrogens with one attached hydrogen (secondary N) is 1. The van der Waals surface area contributed by atoms with Crippen LogP contribution in [-0.2, 0) is 9.53 Å². The Bertz CT molecular complexity index is 612. The Labute approximate surface area is 149 Å². The molecule has 2 aliphatic heterocycles. The minimum absolute atomic E-state index is 0.252. The Kier molecular flexibility index (Phi) is 4.54. The topological polar surface area (TPSA) is 80.5 Å². The molecule has 1 spiro atoms. The summed E-state index contributed by atoms with van der Waals surface area (Å²) in [5.74, 6) is 1.17. The third-order valence-corrected chi connectivity index (χ3v) is 6.17. The van der Waals surface area contributed by atoms with Gasteiger partial charge in [-0.15, -0.1) is 0 Å². The van der Waals surface area contributed by atoms with Crippen LogP contribution >= 0.6 is 0 Å². The maximum atomic E-state index is 12.9. The number of carbonyl (C=O) groups is 1. The van der Waals surface area contributed by atoms with Crippen molar-refractivity contribution in [3.8, 4) is 0 Å². The number of hydrogen-bond acceptors (Lipinski definition) is 5. The summed E-state index contributed by atoms with van der Waals surface area (Å²) in [4.78, 5) is 19.2. The first kappa shape index (κ1) is 16.6. The fraction of sp³-hybridized carbons (Fsp3) is 0.684. The van der Waals surface area contributed by atoms with Gasteiger partial charge in [0.05, 0.1) is 11.9 Å². The van der Waals surface area contributed by atoms with Crippen molar-refractivity contribution in [3.63, 3.8) is 0 Å². The molecular weight excluding hydrogens is 316 g/mol. The molecule has 1 aliphatic carbocycles. The van der Waals surface area contributed by atoms with Gasteiger partial charge >= 0.3 is 0 Å². The van der Waals surface area contributed by atoms with Gasteiger partial charge < -0.3 is 20.7 Å². The lowest BCUT2D eigenvalue weighted by Gasteiger charge is -2.26. The molecule has 0 unspecified atom stereocenters. The molecule has 0 aromatic carbocycles. The fourth-order valence-corrected chi connectivity index (χ4v) is 4.44. The zero-order valence-electron chi connectivity index (χ0n) is 14.7. The quantitative estimate of drug-likeness (QED) is 0.879. The molecular formula is C19H28N4O2. The highest BCUT2D eigenvalue weighted by atomic mass is 16.5. The molecule has 2 saturated heterocycles. The first-order chi connectivity index (χ1) is 12.2. The van der Waals surface area contributed by atoms with E-state index in [4.69, 9.17) is 10.5 Å². The zero-order valence-corrected chi connectivity index (χ0v) is 14.7. The number of anilines is 2. The average Bonchev–Trinajstić information content (AvgIpc) is 3.36. The first-order valence-corrected chi connectivity index (χ1v) is 9.51. The van der Waals surface area contributed by atoms with Gasteiger partial charge in [0.1, 0.15) is 5.82 Å². The summed E-state index contributed by atoms with van der Waals surface area (Å²) in [6.07, 6.45) is 8.09. The summed E-state index contributed by atoms with van der Waals surface area (Å²) < 4.78 is 5.47. The Balaban J connectivity index is 1.31. The number of likely N-dealkylation sites (tertiary alicyclic amines) is 1. The van der Waals surface area contributed by atoms with E-state index in [1.807, 2.05) is 12.1 Å². The Morgan fingerprint density at radius 1 is 1.28 bits per heavy atom. The van der Waals surface area contributed by atoms with Gasteiger partial charge in [-0.1, -0.05) is 0 Å². The molecule has 0 radical (unpaired) electrons. The largest absolute Gasteiger partial charge is 0.384 e. The minimum atomic E-state index is 0.252. The van der Waals surface area contributed by atoms with Gasteiger partial charge in [0.2, 0.25) is 5.91 Å². The summed E-state index contributed by atoms with van der Waals surface area (Å²) in [6, 6.07) is 4.17. The van der Waals surface area contributed by atoms with Crippen molar-refractivity contribution in [2.45, 2.75) is 44.6 Å². The highest BCUT2D eigenvalue weighted by Crippen LogP contribution is 2.59. The number of pyridine rings is 1. The number of nitrogens with zero attached hydrogens (tertiary/aromatic N) is 2. The molecule has 1 amide bonds. The predicted octanol–water partition coefficient (Wildman–Crippen LogP) is 2.27. The molecule has 1 aromatic heterocycles. The second kappa shape index (κ2) is 6.83. The summed E-state index contributed by atoms with van der Waals surface area (Å²) >= 11 is 0. The van der Waals surface area contributed by atoms with Gasteiger partial charge in [-0.2, -0.15) is 0 Å². The van der Waals surface area contributed by atoms with Crippen molar-refractivity contribution in [1.82, 2.24) is 9.88 Å². The molecule has 4 rings (SSSR count). The Morgan fingerprint density at radius 3 is 2.88 bits per heavy atom. The van der Waals surface area contributed by atoms with Gasteiger partial charge in [-0.25, -0.2) is 4.98 Å². The summed E-state index contributed by atoms with van der Waals surface area (Å²) in [5.41, 5.74) is 6.91. The molecule has 6 heteroatoms. The fourth-order valence-electron chi connectivity index (χ4n) is 4.44. The van der Waals surface area contributed by atoms with Gasteiger partial charge in [0.15, 0.2) is 0 Å². The van der Waals surface area contributed by atoms with Crippen molar-refractivity contribution in [2.24, 2.45) is 11.3 Å². The number of carbonyl (C=O) groups excluding carboxylic acids is 1. The lowest BCUT2D eigenvalue weighted by molar-refractivity contribution is -0.134. The van der Waals surface area contributed by atoms with Crippen LogP contribution < -0.4 is 11.1 Å². The van der Waals surface area contributed by atoms with Crippen molar-refractivity contribution < 1.29 is 9.53 Å². The number of hydrogen-bond donors (Lipinski definition) is 2. The Hall–Kier alpha value is -1.82. The molecule has 1 saturated carbocycles. The van der Waals surface area contributed by atoms with E-state index in [2.05, 4.69) is 15.2 Å². The van der Waals surface area contributed by atoms with Crippen molar-refractivity contribution in [1.29, 1.82) is 0 Å². The van der Waals surface area contributed by atoms with E-state index in [1.54, 1.807) is 6.20 Å².